The van der Waals surface area contributed by atoms with Crippen LogP contribution in [-0.4, -0.2) is 67.9 Å². The van der Waals surface area contributed by atoms with Gasteiger partial charge in [-0.05, 0) is 54.8 Å². The van der Waals surface area contributed by atoms with Crippen LogP contribution >= 0.6 is 0 Å². The Kier molecular flexibility index (Phi) is 7.14. The summed E-state index contributed by atoms with van der Waals surface area (Å²) in [7, 11) is -4.27. The molecule has 12 nitrogen and oxygen atoms in total. The number of carbonyl (C=O) groups is 3. The van der Waals surface area contributed by atoms with E-state index in [9.17, 15) is 22.8 Å². The zero-order valence-corrected chi connectivity index (χ0v) is 22.7. The van der Waals surface area contributed by atoms with Gasteiger partial charge in [-0.15, -0.1) is 0 Å². The van der Waals surface area contributed by atoms with Gasteiger partial charge >= 0.3 is 0 Å². The molecule has 0 unspecified atom stereocenters. The minimum Gasteiger partial charge on any atom is -0.467 e. The Balaban J connectivity index is 1.33. The third-order valence-corrected chi connectivity index (χ3v) is 8.99. The standard InChI is InChI=1S/C28H27N3O9S/c32-25(16-31-28(34)20-6-1-2-8-24(20)41(31,35)36)30(15-18-9-10-21-23(13-18)40-17-39-21)26(22-7-4-12-38-22)27(33)29-14-19-5-3-11-37-19/h1-2,4,6-10,12-13,19,26H,3,5,11,14-17H2,(H,29,33)/t19-,26-/m1/s1. The number of ether oxygens (including phenoxy) is 3. The lowest BCUT2D eigenvalue weighted by Gasteiger charge is -2.31. The van der Waals surface area contributed by atoms with E-state index in [-0.39, 0.29) is 42.2 Å². The van der Waals surface area contributed by atoms with Crippen molar-refractivity contribution in [3.05, 3.63) is 77.7 Å². The van der Waals surface area contributed by atoms with Gasteiger partial charge in [0.25, 0.3) is 21.8 Å². The molecule has 3 aromatic rings. The van der Waals surface area contributed by atoms with Gasteiger partial charge in [-0.25, -0.2) is 12.7 Å². The number of nitrogens with one attached hydrogen (secondary N) is 1. The first-order valence-corrected chi connectivity index (χ1v) is 14.5. The number of rotatable bonds is 9. The Morgan fingerprint density at radius 2 is 1.90 bits per heavy atom. The molecule has 1 N–H and O–H groups in total. The highest BCUT2D eigenvalue weighted by Gasteiger charge is 2.44. The summed E-state index contributed by atoms with van der Waals surface area (Å²) in [5.74, 6) is -0.947. The molecule has 1 fully saturated rings. The quantitative estimate of drug-likeness (QED) is 0.402. The molecule has 13 heteroatoms. The fourth-order valence-electron chi connectivity index (χ4n) is 5.15. The normalized spacial score (nSPS) is 19.2. The van der Waals surface area contributed by atoms with Crippen LogP contribution in [0.1, 0.15) is 40.6 Å². The van der Waals surface area contributed by atoms with Crippen LogP contribution in [0.2, 0.25) is 0 Å². The monoisotopic (exact) mass is 581 g/mol. The lowest BCUT2D eigenvalue weighted by molar-refractivity contribution is -0.142. The molecule has 1 saturated heterocycles. The highest BCUT2D eigenvalue weighted by Crippen LogP contribution is 2.35. The van der Waals surface area contributed by atoms with E-state index in [4.69, 9.17) is 18.6 Å². The number of amides is 3. The van der Waals surface area contributed by atoms with Crippen molar-refractivity contribution in [2.24, 2.45) is 0 Å². The molecule has 0 aliphatic carbocycles. The van der Waals surface area contributed by atoms with Gasteiger partial charge in [-0.3, -0.25) is 14.4 Å². The third-order valence-electron chi connectivity index (χ3n) is 7.20. The van der Waals surface area contributed by atoms with E-state index < -0.39 is 40.3 Å². The Labute approximate surface area is 235 Å². The molecule has 0 spiro atoms. The average molecular weight is 582 g/mol. The maximum Gasteiger partial charge on any atom is 0.269 e. The average Bonchev–Trinajstić information content (AvgIpc) is 3.78. The fraction of sp³-hybridized carbons (Fsp3) is 0.321. The predicted octanol–water partition coefficient (Wildman–Crippen LogP) is 2.22. The first-order valence-electron chi connectivity index (χ1n) is 13.1. The van der Waals surface area contributed by atoms with Crippen LogP contribution in [0.4, 0.5) is 0 Å². The van der Waals surface area contributed by atoms with Gasteiger partial charge in [-0.1, -0.05) is 18.2 Å². The molecule has 41 heavy (non-hydrogen) atoms. The Morgan fingerprint density at radius 1 is 1.07 bits per heavy atom. The van der Waals surface area contributed by atoms with E-state index in [1.807, 2.05) is 0 Å². The highest BCUT2D eigenvalue weighted by molar-refractivity contribution is 7.90. The van der Waals surface area contributed by atoms with Crippen LogP contribution in [0, 0.1) is 0 Å². The zero-order valence-electron chi connectivity index (χ0n) is 21.9. The molecular weight excluding hydrogens is 554 g/mol. The largest absolute Gasteiger partial charge is 0.467 e. The van der Waals surface area contributed by atoms with E-state index in [0.29, 0.717) is 28.0 Å². The molecule has 214 valence electrons. The van der Waals surface area contributed by atoms with Crippen LogP contribution in [0.3, 0.4) is 0 Å². The van der Waals surface area contributed by atoms with Crippen molar-refractivity contribution in [3.63, 3.8) is 0 Å². The zero-order chi connectivity index (χ0) is 28.6. The van der Waals surface area contributed by atoms with E-state index >= 15 is 0 Å². The van der Waals surface area contributed by atoms with Gasteiger partial charge < -0.3 is 28.8 Å². The summed E-state index contributed by atoms with van der Waals surface area (Å²) in [6, 6.07) is 12.7. The van der Waals surface area contributed by atoms with Crippen molar-refractivity contribution < 1.29 is 41.4 Å². The first-order chi connectivity index (χ1) is 19.8. The van der Waals surface area contributed by atoms with E-state index in [2.05, 4.69) is 5.32 Å². The number of nitrogens with zero attached hydrogens (tertiary/aromatic N) is 2. The second kappa shape index (κ2) is 10.9. The van der Waals surface area contributed by atoms with Crippen LogP contribution in [0.25, 0.3) is 0 Å². The third kappa shape index (κ3) is 5.13. The molecule has 6 rings (SSSR count). The second-order valence-corrected chi connectivity index (χ2v) is 11.7. The molecular formula is C28H27N3O9S. The van der Waals surface area contributed by atoms with Crippen molar-refractivity contribution in [1.82, 2.24) is 14.5 Å². The molecule has 0 bridgehead atoms. The van der Waals surface area contributed by atoms with Gasteiger partial charge in [-0.2, -0.15) is 0 Å². The Morgan fingerprint density at radius 3 is 2.66 bits per heavy atom. The van der Waals surface area contributed by atoms with Crippen molar-refractivity contribution in [3.8, 4) is 11.5 Å². The second-order valence-electron chi connectivity index (χ2n) is 9.82. The van der Waals surface area contributed by atoms with Crippen molar-refractivity contribution in [2.45, 2.75) is 36.4 Å². The van der Waals surface area contributed by atoms with Crippen LogP contribution in [-0.2, 0) is 30.9 Å². The minimum absolute atomic E-state index is 0.0143. The number of benzene rings is 2. The number of sulfonamides is 1. The fourth-order valence-corrected chi connectivity index (χ4v) is 6.67. The summed E-state index contributed by atoms with van der Waals surface area (Å²) in [4.78, 5) is 41.8. The summed E-state index contributed by atoms with van der Waals surface area (Å²) in [6.07, 6.45) is 2.91. The van der Waals surface area contributed by atoms with Gasteiger partial charge in [0, 0.05) is 19.7 Å². The summed E-state index contributed by atoms with van der Waals surface area (Å²) in [5, 5.41) is 2.85. The molecule has 3 amide bonds. The molecule has 1 aromatic heterocycles. The van der Waals surface area contributed by atoms with Gasteiger partial charge in [0.05, 0.1) is 17.9 Å². The summed E-state index contributed by atoms with van der Waals surface area (Å²) in [6.45, 7) is -0.0363. The van der Waals surface area contributed by atoms with Crippen molar-refractivity contribution >= 4 is 27.7 Å². The predicted molar refractivity (Wildman–Crippen MR) is 141 cm³/mol. The van der Waals surface area contributed by atoms with Gasteiger partial charge in [0.1, 0.15) is 17.2 Å². The van der Waals surface area contributed by atoms with E-state index in [0.717, 1.165) is 12.8 Å². The summed E-state index contributed by atoms with van der Waals surface area (Å²) >= 11 is 0. The smallest absolute Gasteiger partial charge is 0.269 e. The van der Waals surface area contributed by atoms with Gasteiger partial charge in [0.15, 0.2) is 17.5 Å². The van der Waals surface area contributed by atoms with E-state index in [1.54, 1.807) is 36.4 Å². The van der Waals surface area contributed by atoms with Crippen molar-refractivity contribution in [1.29, 1.82) is 0 Å². The van der Waals surface area contributed by atoms with Crippen molar-refractivity contribution in [2.75, 3.05) is 26.5 Å². The number of hydrogen-bond donors (Lipinski definition) is 1. The SMILES string of the molecule is O=C(NC[C@H]1CCCO1)[C@@H](c1ccco1)N(Cc1ccc2c(c1)OCO2)C(=O)CN1C(=O)c2ccccc2S1(=O)=O. The molecule has 3 aliphatic rings. The minimum atomic E-state index is -4.27. The highest BCUT2D eigenvalue weighted by atomic mass is 32.2. The Bertz CT molecular complexity index is 1580. The molecule has 2 aromatic carbocycles. The number of furan rings is 1. The number of fused-ring (bicyclic) bond motifs is 2. The molecule has 0 radical (unpaired) electrons. The van der Waals surface area contributed by atoms with Crippen LogP contribution < -0.4 is 14.8 Å². The number of carbonyl (C=O) groups excluding carboxylic acids is 3. The van der Waals surface area contributed by atoms with Crippen LogP contribution in [0.5, 0.6) is 11.5 Å². The topological polar surface area (TPSA) is 145 Å². The Hall–Kier alpha value is -4.36. The molecule has 2 atom stereocenters. The lowest BCUT2D eigenvalue weighted by Crippen LogP contribution is -2.48. The maximum atomic E-state index is 14.0. The van der Waals surface area contributed by atoms with Crippen LogP contribution in [0.15, 0.2) is 70.2 Å². The summed E-state index contributed by atoms with van der Waals surface area (Å²) in [5.41, 5.74) is 0.574. The number of hydrogen-bond acceptors (Lipinski definition) is 9. The molecule has 0 saturated carbocycles. The summed E-state index contributed by atoms with van der Waals surface area (Å²) < 4.78 is 49.0. The van der Waals surface area contributed by atoms with E-state index in [1.165, 1.54) is 29.4 Å². The lowest BCUT2D eigenvalue weighted by atomic mass is 10.1. The first kappa shape index (κ1) is 26.8. The molecule has 4 heterocycles. The maximum absolute atomic E-state index is 14.0. The molecule has 3 aliphatic heterocycles. The van der Waals surface area contributed by atoms with Gasteiger partial charge in [0.2, 0.25) is 12.7 Å².